The van der Waals surface area contributed by atoms with E-state index in [-0.39, 0.29) is 0 Å². The zero-order valence-electron chi connectivity index (χ0n) is 12.8. The molecule has 3 rings (SSSR count). The van der Waals surface area contributed by atoms with Crippen LogP contribution in [0.15, 0.2) is 60.0 Å². The molecule has 0 radical (unpaired) electrons. The third kappa shape index (κ3) is 3.74. The Morgan fingerprint density at radius 3 is 2.45 bits per heavy atom. The van der Waals surface area contributed by atoms with Gasteiger partial charge in [0.2, 0.25) is 0 Å². The second-order valence-corrected chi connectivity index (χ2v) is 6.11. The number of hydrogen-bond donors (Lipinski definition) is 1. The van der Waals surface area contributed by atoms with E-state index in [4.69, 9.17) is 0 Å². The predicted molar refractivity (Wildman–Crippen MR) is 95.6 cm³/mol. The molecule has 0 atom stereocenters. The highest BCUT2D eigenvalue weighted by atomic mass is 32.1. The maximum atomic E-state index is 4.67. The number of nitrogens with one attached hydrogen (secondary N) is 1. The van der Waals surface area contributed by atoms with Crippen LogP contribution in [0.3, 0.4) is 0 Å². The summed E-state index contributed by atoms with van der Waals surface area (Å²) in [4.78, 5) is 4.67. The number of nitrogens with zero attached hydrogens (tertiary/aromatic N) is 1. The molecule has 0 fully saturated rings. The highest BCUT2D eigenvalue weighted by molar-refractivity contribution is 7.14. The summed E-state index contributed by atoms with van der Waals surface area (Å²) in [5.74, 6) is 0. The Kier molecular flexibility index (Phi) is 4.86. The molecule has 1 heterocycles. The van der Waals surface area contributed by atoms with Crippen LogP contribution in [0.25, 0.3) is 11.3 Å². The van der Waals surface area contributed by atoms with Gasteiger partial charge in [-0.2, -0.15) is 0 Å². The minimum atomic E-state index is 0.908. The SMILES string of the molecule is CCc1ccc(-c2csc(NCCc3ccccc3)n2)cc1. The molecule has 1 N–H and O–H groups in total. The maximum Gasteiger partial charge on any atom is 0.183 e. The second-order valence-electron chi connectivity index (χ2n) is 5.25. The largest absolute Gasteiger partial charge is 0.361 e. The average molecular weight is 308 g/mol. The Labute approximate surface area is 135 Å². The van der Waals surface area contributed by atoms with Crippen molar-refractivity contribution in [2.45, 2.75) is 19.8 Å². The van der Waals surface area contributed by atoms with Crippen molar-refractivity contribution in [2.24, 2.45) is 0 Å². The lowest BCUT2D eigenvalue weighted by Gasteiger charge is -2.03. The van der Waals surface area contributed by atoms with Gasteiger partial charge >= 0.3 is 0 Å². The van der Waals surface area contributed by atoms with Gasteiger partial charge in [-0.25, -0.2) is 4.98 Å². The van der Waals surface area contributed by atoms with Crippen molar-refractivity contribution in [3.63, 3.8) is 0 Å². The molecule has 2 aromatic carbocycles. The number of benzene rings is 2. The minimum Gasteiger partial charge on any atom is -0.361 e. The van der Waals surface area contributed by atoms with Gasteiger partial charge in [0.15, 0.2) is 5.13 Å². The summed E-state index contributed by atoms with van der Waals surface area (Å²) in [6.45, 7) is 3.08. The molecule has 22 heavy (non-hydrogen) atoms. The summed E-state index contributed by atoms with van der Waals surface area (Å²) in [6, 6.07) is 19.2. The molecule has 0 aliphatic carbocycles. The summed E-state index contributed by atoms with van der Waals surface area (Å²) in [5, 5.41) is 6.52. The minimum absolute atomic E-state index is 0.908. The van der Waals surface area contributed by atoms with Crippen molar-refractivity contribution < 1.29 is 0 Å². The van der Waals surface area contributed by atoms with Crippen LogP contribution in [0.5, 0.6) is 0 Å². The first kappa shape index (κ1) is 14.8. The van der Waals surface area contributed by atoms with Gasteiger partial charge in [-0.1, -0.05) is 61.5 Å². The molecule has 1 aromatic heterocycles. The van der Waals surface area contributed by atoms with Gasteiger partial charge in [-0.3, -0.25) is 0 Å². The molecule has 2 nitrogen and oxygen atoms in total. The molecule has 0 spiro atoms. The van der Waals surface area contributed by atoms with Crippen molar-refractivity contribution >= 4 is 16.5 Å². The summed E-state index contributed by atoms with van der Waals surface area (Å²) in [7, 11) is 0. The molecule has 0 aliphatic rings. The van der Waals surface area contributed by atoms with Crippen LogP contribution in [0, 0.1) is 0 Å². The van der Waals surface area contributed by atoms with Crippen molar-refractivity contribution in [3.05, 3.63) is 71.1 Å². The van der Waals surface area contributed by atoms with E-state index in [0.29, 0.717) is 0 Å². The zero-order chi connectivity index (χ0) is 15.2. The first-order valence-corrected chi connectivity index (χ1v) is 8.56. The number of anilines is 1. The van der Waals surface area contributed by atoms with Crippen LogP contribution < -0.4 is 5.32 Å². The van der Waals surface area contributed by atoms with E-state index < -0.39 is 0 Å². The van der Waals surface area contributed by atoms with E-state index >= 15 is 0 Å². The molecule has 3 aromatic rings. The standard InChI is InChI=1S/C19H20N2S/c1-2-15-8-10-17(11-9-15)18-14-22-19(21-18)20-13-12-16-6-4-3-5-7-16/h3-11,14H,2,12-13H2,1H3,(H,20,21). The Morgan fingerprint density at radius 1 is 0.955 bits per heavy atom. The van der Waals surface area contributed by atoms with Crippen LogP contribution in [0.2, 0.25) is 0 Å². The number of hydrogen-bond acceptors (Lipinski definition) is 3. The summed E-state index contributed by atoms with van der Waals surface area (Å²) in [6.07, 6.45) is 2.09. The van der Waals surface area contributed by atoms with Crippen molar-refractivity contribution in [1.82, 2.24) is 4.98 Å². The molecule has 3 heteroatoms. The van der Waals surface area contributed by atoms with Crippen molar-refractivity contribution in [2.75, 3.05) is 11.9 Å². The Morgan fingerprint density at radius 2 is 1.73 bits per heavy atom. The molecule has 0 amide bonds. The van der Waals surface area contributed by atoms with Gasteiger partial charge in [0.1, 0.15) is 0 Å². The molecular formula is C19H20N2S. The molecule has 0 saturated heterocycles. The van der Waals surface area contributed by atoms with Crippen molar-refractivity contribution in [3.8, 4) is 11.3 Å². The Hall–Kier alpha value is -2.13. The van der Waals surface area contributed by atoms with Gasteiger partial charge in [0.05, 0.1) is 5.69 Å². The predicted octanol–water partition coefficient (Wildman–Crippen LogP) is 5.03. The van der Waals surface area contributed by atoms with Crippen LogP contribution in [-0.4, -0.2) is 11.5 Å². The van der Waals surface area contributed by atoms with Crippen LogP contribution >= 0.6 is 11.3 Å². The van der Waals surface area contributed by atoms with Crippen molar-refractivity contribution in [1.29, 1.82) is 0 Å². The molecular weight excluding hydrogens is 288 g/mol. The fourth-order valence-electron chi connectivity index (χ4n) is 2.36. The monoisotopic (exact) mass is 308 g/mol. The van der Waals surface area contributed by atoms with Gasteiger partial charge in [0, 0.05) is 17.5 Å². The van der Waals surface area contributed by atoms with E-state index in [0.717, 1.165) is 30.2 Å². The number of aryl methyl sites for hydroxylation is 1. The van der Waals surface area contributed by atoms with E-state index in [1.807, 2.05) is 6.07 Å². The molecule has 112 valence electrons. The highest BCUT2D eigenvalue weighted by Gasteiger charge is 2.04. The van der Waals surface area contributed by atoms with E-state index in [1.54, 1.807) is 11.3 Å². The zero-order valence-corrected chi connectivity index (χ0v) is 13.6. The quantitative estimate of drug-likeness (QED) is 0.691. The topological polar surface area (TPSA) is 24.9 Å². The maximum absolute atomic E-state index is 4.67. The Balaban J connectivity index is 1.58. The lowest BCUT2D eigenvalue weighted by Crippen LogP contribution is -2.04. The van der Waals surface area contributed by atoms with E-state index in [9.17, 15) is 0 Å². The van der Waals surface area contributed by atoms with Crippen LogP contribution in [0.1, 0.15) is 18.1 Å². The van der Waals surface area contributed by atoms with E-state index in [1.165, 1.54) is 16.7 Å². The molecule has 0 saturated carbocycles. The van der Waals surface area contributed by atoms with E-state index in [2.05, 4.69) is 71.1 Å². The number of aromatic nitrogens is 1. The second kappa shape index (κ2) is 7.23. The summed E-state index contributed by atoms with van der Waals surface area (Å²) < 4.78 is 0. The Bertz CT molecular complexity index is 702. The fraction of sp³-hybridized carbons (Fsp3) is 0.211. The molecule has 0 aliphatic heterocycles. The van der Waals surface area contributed by atoms with Gasteiger partial charge in [-0.15, -0.1) is 11.3 Å². The number of rotatable bonds is 6. The molecule has 0 bridgehead atoms. The fourth-order valence-corrected chi connectivity index (χ4v) is 3.11. The third-order valence-electron chi connectivity index (χ3n) is 3.69. The lowest BCUT2D eigenvalue weighted by atomic mass is 10.1. The average Bonchev–Trinajstić information content (AvgIpc) is 3.05. The first-order chi connectivity index (χ1) is 10.8. The van der Waals surface area contributed by atoms with Gasteiger partial charge < -0.3 is 5.32 Å². The molecule has 0 unspecified atom stereocenters. The lowest BCUT2D eigenvalue weighted by molar-refractivity contribution is 1.02. The van der Waals surface area contributed by atoms with Crippen LogP contribution in [-0.2, 0) is 12.8 Å². The third-order valence-corrected chi connectivity index (χ3v) is 4.49. The van der Waals surface area contributed by atoms with Gasteiger partial charge in [-0.05, 0) is 24.0 Å². The summed E-state index contributed by atoms with van der Waals surface area (Å²) >= 11 is 1.67. The highest BCUT2D eigenvalue weighted by Crippen LogP contribution is 2.25. The van der Waals surface area contributed by atoms with Crippen LogP contribution in [0.4, 0.5) is 5.13 Å². The smallest absolute Gasteiger partial charge is 0.183 e. The number of thiazole rings is 1. The summed E-state index contributed by atoms with van der Waals surface area (Å²) in [5.41, 5.74) is 4.95. The normalized spacial score (nSPS) is 10.6. The first-order valence-electron chi connectivity index (χ1n) is 7.68. The van der Waals surface area contributed by atoms with Gasteiger partial charge in [0.25, 0.3) is 0 Å².